The summed E-state index contributed by atoms with van der Waals surface area (Å²) in [5, 5.41) is 5.31. The van der Waals surface area contributed by atoms with Crippen molar-refractivity contribution in [3.63, 3.8) is 0 Å². The van der Waals surface area contributed by atoms with E-state index in [1.165, 1.54) is 12.1 Å². The maximum absolute atomic E-state index is 13.5. The number of nitrogens with two attached hydrogens (primary N) is 1. The van der Waals surface area contributed by atoms with Gasteiger partial charge in [-0.1, -0.05) is 25.3 Å². The molecule has 1 aromatic carbocycles. The second-order valence-corrected chi connectivity index (χ2v) is 10.0. The Kier molecular flexibility index (Phi) is 6.47. The molecule has 1 atom stereocenters. The molecule has 1 saturated carbocycles. The fraction of sp³-hybridized carbons (Fsp3) is 0.474. The largest absolute Gasteiger partial charge is 0.768 e. The quantitative estimate of drug-likeness (QED) is 0.678. The van der Waals surface area contributed by atoms with E-state index in [9.17, 15) is 30.4 Å². The van der Waals surface area contributed by atoms with E-state index in [1.807, 2.05) is 0 Å². The highest BCUT2D eigenvalue weighted by Gasteiger charge is 2.34. The Morgan fingerprint density at radius 1 is 1.20 bits per heavy atom. The third-order valence-electron chi connectivity index (χ3n) is 5.55. The summed E-state index contributed by atoms with van der Waals surface area (Å²) in [6.45, 7) is 2.02. The molecule has 1 unspecified atom stereocenters. The third-order valence-corrected chi connectivity index (χ3v) is 7.29. The maximum Gasteiger partial charge on any atom is 0.417 e. The molecule has 0 amide bonds. The molecule has 3 rings (SSSR count). The molecule has 1 fully saturated rings. The molecule has 0 spiro atoms. The fourth-order valence-corrected chi connectivity index (χ4v) is 5.40. The van der Waals surface area contributed by atoms with Gasteiger partial charge < -0.3 is 9.12 Å². The molecule has 0 aliphatic heterocycles. The number of primary sulfonamides is 1. The molecule has 2 aromatic rings. The first-order valence-electron chi connectivity index (χ1n) is 9.43. The smallest absolute Gasteiger partial charge is 0.417 e. The molecule has 0 radical (unpaired) electrons. The van der Waals surface area contributed by atoms with Crippen LogP contribution in [0, 0.1) is 12.8 Å². The lowest BCUT2D eigenvalue weighted by atomic mass is 9.89. The van der Waals surface area contributed by atoms with E-state index in [0.29, 0.717) is 12.2 Å². The van der Waals surface area contributed by atoms with E-state index in [1.54, 1.807) is 11.5 Å². The SMILES string of the molecule is Cc1c(S(N)(=O)=O)cc(-c2ccc(S(=O)[O-])c(C(F)(F)F)c2)n1CC1CCCCC1. The van der Waals surface area contributed by atoms with Gasteiger partial charge in [0.25, 0.3) is 0 Å². The standard InChI is InChI=1S/C19H23F3N2O4S2/c1-12-18(30(23,27)28)10-16(24(12)11-13-5-3-2-4-6-13)14-7-8-17(29(25)26)15(9-14)19(20,21)22/h7-10,13H,2-6,11H2,1H3,(H,25,26)(H2,23,27,28)/p-1. The zero-order valence-electron chi connectivity index (χ0n) is 16.2. The van der Waals surface area contributed by atoms with E-state index in [0.717, 1.165) is 44.2 Å². The Morgan fingerprint density at radius 2 is 1.83 bits per heavy atom. The van der Waals surface area contributed by atoms with Gasteiger partial charge in [0.05, 0.1) is 5.56 Å². The summed E-state index contributed by atoms with van der Waals surface area (Å²) < 4.78 is 88.5. The van der Waals surface area contributed by atoms with Crippen LogP contribution in [0.25, 0.3) is 11.3 Å². The first kappa shape index (κ1) is 23.0. The van der Waals surface area contributed by atoms with Gasteiger partial charge in [-0.3, -0.25) is 4.21 Å². The Balaban J connectivity index is 2.18. The molecule has 166 valence electrons. The fourth-order valence-electron chi connectivity index (χ4n) is 4.07. The number of rotatable bonds is 5. The minimum absolute atomic E-state index is 0.0744. The Morgan fingerprint density at radius 3 is 2.37 bits per heavy atom. The number of sulfonamides is 1. The molecule has 1 aliphatic carbocycles. The monoisotopic (exact) mass is 463 g/mol. The molecule has 1 aromatic heterocycles. The average molecular weight is 464 g/mol. The molecule has 6 nitrogen and oxygen atoms in total. The number of nitrogens with zero attached hydrogens (tertiary/aromatic N) is 1. The van der Waals surface area contributed by atoms with Crippen LogP contribution >= 0.6 is 0 Å². The van der Waals surface area contributed by atoms with Crippen LogP contribution in [0.4, 0.5) is 13.2 Å². The average Bonchev–Trinajstić information content (AvgIpc) is 2.98. The summed E-state index contributed by atoms with van der Waals surface area (Å²) in [5.41, 5.74) is -0.613. The molecule has 1 aliphatic rings. The van der Waals surface area contributed by atoms with Gasteiger partial charge in [-0.25, -0.2) is 13.6 Å². The normalized spacial score (nSPS) is 17.3. The third kappa shape index (κ3) is 4.79. The van der Waals surface area contributed by atoms with Crippen LogP contribution < -0.4 is 5.14 Å². The van der Waals surface area contributed by atoms with Gasteiger partial charge in [0, 0.05) is 22.8 Å². The summed E-state index contributed by atoms with van der Waals surface area (Å²) in [6, 6.07) is 4.13. The summed E-state index contributed by atoms with van der Waals surface area (Å²) in [6.07, 6.45) is 0.228. The molecule has 1 heterocycles. The highest BCUT2D eigenvalue weighted by atomic mass is 32.2. The van der Waals surface area contributed by atoms with E-state index in [-0.39, 0.29) is 22.1 Å². The van der Waals surface area contributed by atoms with Crippen LogP contribution in [-0.2, 0) is 33.8 Å². The van der Waals surface area contributed by atoms with Crippen molar-refractivity contribution < 1.29 is 30.4 Å². The predicted molar refractivity (Wildman–Crippen MR) is 105 cm³/mol. The lowest BCUT2D eigenvalue weighted by molar-refractivity contribution is -0.139. The predicted octanol–water partition coefficient (Wildman–Crippen LogP) is 3.95. The highest BCUT2D eigenvalue weighted by Crippen LogP contribution is 2.38. The first-order valence-corrected chi connectivity index (χ1v) is 12.1. The molecular weight excluding hydrogens is 441 g/mol. The van der Waals surface area contributed by atoms with Crippen molar-refractivity contribution in [3.05, 3.63) is 35.5 Å². The van der Waals surface area contributed by atoms with Crippen LogP contribution in [0.3, 0.4) is 0 Å². The number of alkyl halides is 3. The molecule has 0 bridgehead atoms. The summed E-state index contributed by atoms with van der Waals surface area (Å²) in [7, 11) is -4.09. The Hall–Kier alpha value is -1.69. The van der Waals surface area contributed by atoms with Crippen molar-refractivity contribution in [2.45, 2.75) is 61.5 Å². The van der Waals surface area contributed by atoms with E-state index in [4.69, 9.17) is 5.14 Å². The zero-order chi connectivity index (χ0) is 22.3. The zero-order valence-corrected chi connectivity index (χ0v) is 17.9. The molecule has 30 heavy (non-hydrogen) atoms. The maximum atomic E-state index is 13.5. The highest BCUT2D eigenvalue weighted by molar-refractivity contribution is 7.89. The molecule has 11 heteroatoms. The Labute approximate surface area is 175 Å². The Bertz CT molecular complexity index is 1070. The van der Waals surface area contributed by atoms with Gasteiger partial charge >= 0.3 is 6.18 Å². The lowest BCUT2D eigenvalue weighted by Crippen LogP contribution is -2.17. The van der Waals surface area contributed by atoms with Crippen molar-refractivity contribution in [1.82, 2.24) is 4.57 Å². The number of benzene rings is 1. The van der Waals surface area contributed by atoms with Gasteiger partial charge in [0.2, 0.25) is 10.0 Å². The summed E-state index contributed by atoms with van der Waals surface area (Å²) >= 11 is -3.07. The summed E-state index contributed by atoms with van der Waals surface area (Å²) in [4.78, 5) is -1.02. The van der Waals surface area contributed by atoms with Crippen LogP contribution in [0.2, 0.25) is 0 Å². The van der Waals surface area contributed by atoms with E-state index >= 15 is 0 Å². The minimum atomic E-state index is -4.88. The number of halogens is 3. The number of hydrogen-bond donors (Lipinski definition) is 1. The van der Waals surface area contributed by atoms with Crippen LogP contribution in [0.5, 0.6) is 0 Å². The minimum Gasteiger partial charge on any atom is -0.768 e. The van der Waals surface area contributed by atoms with Crippen molar-refractivity contribution in [2.24, 2.45) is 11.1 Å². The van der Waals surface area contributed by atoms with Crippen molar-refractivity contribution in [3.8, 4) is 11.3 Å². The first-order chi connectivity index (χ1) is 13.9. The second kappa shape index (κ2) is 8.45. The van der Waals surface area contributed by atoms with Crippen LogP contribution in [-0.4, -0.2) is 21.7 Å². The van der Waals surface area contributed by atoms with E-state index < -0.39 is 37.7 Å². The van der Waals surface area contributed by atoms with Gasteiger partial charge in [-0.05, 0) is 60.5 Å². The molecular formula is C19H22F3N2O4S2-. The van der Waals surface area contributed by atoms with Gasteiger partial charge in [0.15, 0.2) is 0 Å². The van der Waals surface area contributed by atoms with Crippen molar-refractivity contribution in [2.75, 3.05) is 0 Å². The second-order valence-electron chi connectivity index (χ2n) is 7.58. The topological polar surface area (TPSA) is 105 Å². The molecule has 2 N–H and O–H groups in total. The number of hydrogen-bond acceptors (Lipinski definition) is 4. The number of aromatic nitrogens is 1. The van der Waals surface area contributed by atoms with E-state index in [2.05, 4.69) is 0 Å². The van der Waals surface area contributed by atoms with Gasteiger partial charge in [-0.2, -0.15) is 13.2 Å². The lowest BCUT2D eigenvalue weighted by Gasteiger charge is -2.24. The van der Waals surface area contributed by atoms with Crippen molar-refractivity contribution >= 4 is 21.1 Å². The van der Waals surface area contributed by atoms with Crippen molar-refractivity contribution in [1.29, 1.82) is 0 Å². The molecule has 0 saturated heterocycles. The van der Waals surface area contributed by atoms with Crippen LogP contribution in [0.15, 0.2) is 34.1 Å². The van der Waals surface area contributed by atoms with Gasteiger partial charge in [-0.15, -0.1) is 0 Å². The summed E-state index contributed by atoms with van der Waals surface area (Å²) in [5.74, 6) is 0.271. The van der Waals surface area contributed by atoms with Crippen LogP contribution in [0.1, 0.15) is 43.4 Å². The van der Waals surface area contributed by atoms with Gasteiger partial charge in [0.1, 0.15) is 4.90 Å².